The van der Waals surface area contributed by atoms with Crippen LogP contribution in [0.1, 0.15) is 37.7 Å². The number of carbonyl (C=O) groups is 2. The Labute approximate surface area is 159 Å². The molecule has 1 aromatic rings. The van der Waals surface area contributed by atoms with Gasteiger partial charge in [-0.2, -0.15) is 0 Å². The quantitative estimate of drug-likeness (QED) is 0.844. The molecule has 3 aliphatic rings. The average Bonchev–Trinajstić information content (AvgIpc) is 3.40. The molecule has 1 aliphatic carbocycles. The normalized spacial score (nSPS) is 29.5. The molecule has 0 radical (unpaired) electrons. The van der Waals surface area contributed by atoms with Gasteiger partial charge in [-0.25, -0.2) is 0 Å². The number of likely N-dealkylation sites (tertiary alicyclic amines) is 2. The number of nitrogens with zero attached hydrogens (tertiary/aromatic N) is 2. The third-order valence-corrected chi connectivity index (χ3v) is 6.83. The van der Waals surface area contributed by atoms with E-state index in [0.29, 0.717) is 32.4 Å². The Morgan fingerprint density at radius 1 is 1.07 bits per heavy atom. The number of hydrogen-bond donors (Lipinski definition) is 2. The lowest BCUT2D eigenvalue weighted by Crippen LogP contribution is -2.59. The predicted octanol–water partition coefficient (Wildman–Crippen LogP) is 1.68. The molecule has 2 saturated heterocycles. The zero-order valence-corrected chi connectivity index (χ0v) is 15.8. The highest BCUT2D eigenvalue weighted by Gasteiger charge is 2.55. The minimum Gasteiger partial charge on any atom is -0.481 e. The van der Waals surface area contributed by atoms with E-state index in [1.54, 1.807) is 4.90 Å². The summed E-state index contributed by atoms with van der Waals surface area (Å²) in [6.45, 7) is 1.70. The zero-order valence-electron chi connectivity index (χ0n) is 15.8. The van der Waals surface area contributed by atoms with Gasteiger partial charge in [0, 0.05) is 19.6 Å². The van der Waals surface area contributed by atoms with Gasteiger partial charge in [-0.15, -0.1) is 0 Å². The van der Waals surface area contributed by atoms with E-state index in [4.69, 9.17) is 0 Å². The highest BCUT2D eigenvalue weighted by atomic mass is 16.4. The SMILES string of the molecule is CN1CC2(CC2)CC(C(=O)O)C1C(=O)N1CCC(O)(c2ccccc2)CC1. The Balaban J connectivity index is 1.46. The van der Waals surface area contributed by atoms with Crippen molar-refractivity contribution in [2.24, 2.45) is 11.3 Å². The molecule has 0 aromatic heterocycles. The predicted molar refractivity (Wildman–Crippen MR) is 100.0 cm³/mol. The smallest absolute Gasteiger partial charge is 0.308 e. The van der Waals surface area contributed by atoms with Gasteiger partial charge in [0.05, 0.1) is 11.5 Å². The molecule has 2 unspecified atom stereocenters. The van der Waals surface area contributed by atoms with Crippen molar-refractivity contribution in [2.45, 2.75) is 43.7 Å². The van der Waals surface area contributed by atoms with Crippen LogP contribution in [0.5, 0.6) is 0 Å². The van der Waals surface area contributed by atoms with E-state index in [9.17, 15) is 19.8 Å². The molecule has 2 atom stereocenters. The van der Waals surface area contributed by atoms with E-state index in [-0.39, 0.29) is 11.3 Å². The highest BCUT2D eigenvalue weighted by molar-refractivity contribution is 5.88. The molecule has 2 heterocycles. The number of carbonyl (C=O) groups excluding carboxylic acids is 1. The first-order chi connectivity index (χ1) is 12.8. The van der Waals surface area contributed by atoms with Crippen LogP contribution in [0.2, 0.25) is 0 Å². The van der Waals surface area contributed by atoms with Crippen molar-refractivity contribution in [1.82, 2.24) is 9.80 Å². The van der Waals surface area contributed by atoms with Crippen LogP contribution in [-0.2, 0) is 15.2 Å². The first kappa shape index (κ1) is 18.4. The third kappa shape index (κ3) is 3.36. The first-order valence-corrected chi connectivity index (χ1v) is 9.83. The molecule has 146 valence electrons. The lowest BCUT2D eigenvalue weighted by atomic mass is 9.79. The van der Waals surface area contributed by atoms with E-state index < -0.39 is 23.5 Å². The Kier molecular flexibility index (Phi) is 4.51. The van der Waals surface area contributed by atoms with Gasteiger partial charge in [-0.05, 0) is 50.1 Å². The number of likely N-dealkylation sites (N-methyl/N-ethyl adjacent to an activating group) is 1. The number of benzene rings is 1. The molecule has 6 heteroatoms. The summed E-state index contributed by atoms with van der Waals surface area (Å²) in [5.41, 5.74) is 0.0798. The molecular formula is C21H28N2O4. The van der Waals surface area contributed by atoms with Gasteiger partial charge in [0.1, 0.15) is 6.04 Å². The van der Waals surface area contributed by atoms with Gasteiger partial charge < -0.3 is 15.1 Å². The largest absolute Gasteiger partial charge is 0.481 e. The molecule has 1 spiro atoms. The maximum atomic E-state index is 13.2. The second-order valence-corrected chi connectivity index (χ2v) is 8.73. The van der Waals surface area contributed by atoms with Crippen molar-refractivity contribution in [2.75, 3.05) is 26.7 Å². The van der Waals surface area contributed by atoms with Crippen LogP contribution in [0.15, 0.2) is 30.3 Å². The van der Waals surface area contributed by atoms with Crippen LogP contribution >= 0.6 is 0 Å². The summed E-state index contributed by atoms with van der Waals surface area (Å²) in [6.07, 6.45) is 3.68. The number of piperidine rings is 2. The number of carboxylic acid groups (broad SMARTS) is 1. The number of aliphatic hydroxyl groups is 1. The Hall–Kier alpha value is -1.92. The van der Waals surface area contributed by atoms with Crippen molar-refractivity contribution in [3.05, 3.63) is 35.9 Å². The Bertz CT molecular complexity index is 723. The summed E-state index contributed by atoms with van der Waals surface area (Å²) in [4.78, 5) is 28.8. The van der Waals surface area contributed by atoms with Crippen molar-refractivity contribution in [3.8, 4) is 0 Å². The van der Waals surface area contributed by atoms with Crippen LogP contribution in [0.4, 0.5) is 0 Å². The van der Waals surface area contributed by atoms with E-state index in [2.05, 4.69) is 0 Å². The fourth-order valence-electron chi connectivity index (χ4n) is 5.02. The zero-order chi connectivity index (χ0) is 19.2. The maximum absolute atomic E-state index is 13.2. The van der Waals surface area contributed by atoms with Crippen molar-refractivity contribution in [3.63, 3.8) is 0 Å². The van der Waals surface area contributed by atoms with E-state index >= 15 is 0 Å². The van der Waals surface area contributed by atoms with E-state index in [1.165, 1.54) is 0 Å². The Morgan fingerprint density at radius 3 is 2.26 bits per heavy atom. The van der Waals surface area contributed by atoms with Crippen LogP contribution in [0.3, 0.4) is 0 Å². The second-order valence-electron chi connectivity index (χ2n) is 8.73. The van der Waals surface area contributed by atoms with E-state index in [1.807, 2.05) is 42.3 Å². The van der Waals surface area contributed by atoms with Gasteiger partial charge in [0.15, 0.2) is 0 Å². The standard InChI is InChI=1S/C21H28N2O4/c1-22-14-20(7-8-20)13-16(19(25)26)17(22)18(24)23-11-9-21(27,10-12-23)15-5-3-2-4-6-15/h2-6,16-17,27H,7-14H2,1H3,(H,25,26). The number of amides is 1. The van der Waals surface area contributed by atoms with Gasteiger partial charge in [-0.3, -0.25) is 14.5 Å². The summed E-state index contributed by atoms with van der Waals surface area (Å²) >= 11 is 0. The van der Waals surface area contributed by atoms with Crippen LogP contribution in [0.25, 0.3) is 0 Å². The molecule has 1 saturated carbocycles. The lowest BCUT2D eigenvalue weighted by Gasteiger charge is -2.45. The molecule has 4 rings (SSSR count). The van der Waals surface area contributed by atoms with Crippen molar-refractivity contribution >= 4 is 11.9 Å². The topological polar surface area (TPSA) is 81.1 Å². The molecule has 0 bridgehead atoms. The second kappa shape index (κ2) is 6.60. The van der Waals surface area contributed by atoms with Crippen molar-refractivity contribution in [1.29, 1.82) is 0 Å². The summed E-state index contributed by atoms with van der Waals surface area (Å²) < 4.78 is 0. The van der Waals surface area contributed by atoms with Crippen LogP contribution < -0.4 is 0 Å². The lowest BCUT2D eigenvalue weighted by molar-refractivity contribution is -0.158. The number of hydrogen-bond acceptors (Lipinski definition) is 4. The van der Waals surface area contributed by atoms with Crippen LogP contribution in [0, 0.1) is 11.3 Å². The molecular weight excluding hydrogens is 344 g/mol. The van der Waals surface area contributed by atoms with E-state index in [0.717, 1.165) is 24.9 Å². The van der Waals surface area contributed by atoms with Gasteiger partial charge in [-0.1, -0.05) is 30.3 Å². The monoisotopic (exact) mass is 372 g/mol. The number of aliphatic carboxylic acids is 1. The summed E-state index contributed by atoms with van der Waals surface area (Å²) in [6, 6.07) is 8.98. The fraction of sp³-hybridized carbons (Fsp3) is 0.619. The minimum absolute atomic E-state index is 0.101. The summed E-state index contributed by atoms with van der Waals surface area (Å²) in [5, 5.41) is 20.7. The molecule has 2 N–H and O–H groups in total. The number of carboxylic acids is 1. The Morgan fingerprint density at radius 2 is 1.70 bits per heavy atom. The summed E-state index contributed by atoms with van der Waals surface area (Å²) in [7, 11) is 1.88. The molecule has 2 aliphatic heterocycles. The average molecular weight is 372 g/mol. The minimum atomic E-state index is -0.916. The third-order valence-electron chi connectivity index (χ3n) is 6.83. The van der Waals surface area contributed by atoms with Gasteiger partial charge in [0.2, 0.25) is 5.91 Å². The molecule has 6 nitrogen and oxygen atoms in total. The van der Waals surface area contributed by atoms with Gasteiger partial charge >= 0.3 is 5.97 Å². The summed E-state index contributed by atoms with van der Waals surface area (Å²) in [5.74, 6) is -1.62. The van der Waals surface area contributed by atoms with Crippen LogP contribution in [-0.4, -0.2) is 64.6 Å². The molecule has 1 aromatic carbocycles. The fourth-order valence-corrected chi connectivity index (χ4v) is 5.02. The maximum Gasteiger partial charge on any atom is 0.308 e. The van der Waals surface area contributed by atoms with Crippen molar-refractivity contribution < 1.29 is 19.8 Å². The molecule has 1 amide bonds. The highest BCUT2D eigenvalue weighted by Crippen LogP contribution is 2.54. The molecule has 27 heavy (non-hydrogen) atoms. The first-order valence-electron chi connectivity index (χ1n) is 9.83. The van der Waals surface area contributed by atoms with Gasteiger partial charge in [0.25, 0.3) is 0 Å². The number of rotatable bonds is 3. The molecule has 3 fully saturated rings.